The summed E-state index contributed by atoms with van der Waals surface area (Å²) in [5, 5.41) is 3.00. The van der Waals surface area contributed by atoms with Crippen LogP contribution in [0, 0.1) is 5.82 Å². The van der Waals surface area contributed by atoms with Gasteiger partial charge in [-0.2, -0.15) is 0 Å². The molecule has 1 heterocycles. The van der Waals surface area contributed by atoms with Crippen LogP contribution in [0.1, 0.15) is 39.2 Å². The molecule has 20 heavy (non-hydrogen) atoms. The van der Waals surface area contributed by atoms with Crippen molar-refractivity contribution < 1.29 is 9.18 Å². The molecular weight excluding hydrogens is 255 g/mol. The lowest BCUT2D eigenvalue weighted by atomic mass is 10.0. The molecule has 0 spiro atoms. The zero-order valence-corrected chi connectivity index (χ0v) is 12.5. The molecule has 0 fully saturated rings. The van der Waals surface area contributed by atoms with E-state index in [-0.39, 0.29) is 23.8 Å². The minimum Gasteiger partial charge on any atom is -0.360 e. The summed E-state index contributed by atoms with van der Waals surface area (Å²) >= 11 is 0. The van der Waals surface area contributed by atoms with E-state index in [2.05, 4.69) is 5.32 Å². The fourth-order valence-electron chi connectivity index (χ4n) is 2.52. The average Bonchev–Trinajstić information content (AvgIpc) is 2.38. The van der Waals surface area contributed by atoms with E-state index in [9.17, 15) is 9.18 Å². The number of para-hydroxylation sites is 1. The molecule has 0 radical (unpaired) electrons. The highest BCUT2D eigenvalue weighted by molar-refractivity contribution is 5.82. The fraction of sp³-hybridized carbons (Fsp3) is 0.562. The van der Waals surface area contributed by atoms with Crippen LogP contribution in [-0.2, 0) is 11.2 Å². The minimum absolute atomic E-state index is 0.0482. The fourth-order valence-corrected chi connectivity index (χ4v) is 2.52. The molecule has 0 saturated carbocycles. The predicted molar refractivity (Wildman–Crippen MR) is 79.4 cm³/mol. The van der Waals surface area contributed by atoms with E-state index >= 15 is 0 Å². The van der Waals surface area contributed by atoms with Gasteiger partial charge in [0.1, 0.15) is 5.82 Å². The molecule has 1 N–H and O–H groups in total. The topological polar surface area (TPSA) is 32.3 Å². The lowest BCUT2D eigenvalue weighted by molar-refractivity contribution is -0.121. The smallest absolute Gasteiger partial charge is 0.239 e. The Morgan fingerprint density at radius 2 is 2.20 bits per heavy atom. The molecule has 1 aliphatic rings. The van der Waals surface area contributed by atoms with Crippen molar-refractivity contribution in [1.82, 2.24) is 5.32 Å². The first-order chi connectivity index (χ1) is 9.43. The van der Waals surface area contributed by atoms with Gasteiger partial charge in [0, 0.05) is 12.1 Å². The Bertz CT molecular complexity index is 499. The van der Waals surface area contributed by atoms with Gasteiger partial charge in [0.2, 0.25) is 5.91 Å². The van der Waals surface area contributed by atoms with E-state index in [1.54, 1.807) is 6.07 Å². The largest absolute Gasteiger partial charge is 0.360 e. The monoisotopic (exact) mass is 278 g/mol. The van der Waals surface area contributed by atoms with Crippen LogP contribution in [0.2, 0.25) is 0 Å². The number of carbonyl (C=O) groups is 1. The van der Waals surface area contributed by atoms with Crippen molar-refractivity contribution in [2.75, 3.05) is 18.0 Å². The second-order valence-electron chi connectivity index (χ2n) is 6.06. The lowest BCUT2D eigenvalue weighted by Gasteiger charge is -2.32. The van der Waals surface area contributed by atoms with Crippen LogP contribution < -0.4 is 10.2 Å². The van der Waals surface area contributed by atoms with E-state index in [0.717, 1.165) is 31.4 Å². The highest BCUT2D eigenvalue weighted by Crippen LogP contribution is 2.29. The van der Waals surface area contributed by atoms with E-state index < -0.39 is 0 Å². The van der Waals surface area contributed by atoms with Crippen LogP contribution in [0.15, 0.2) is 18.2 Å². The Morgan fingerprint density at radius 1 is 1.45 bits per heavy atom. The molecule has 1 aromatic rings. The maximum Gasteiger partial charge on any atom is 0.239 e. The van der Waals surface area contributed by atoms with Crippen molar-refractivity contribution in [2.45, 2.75) is 45.6 Å². The van der Waals surface area contributed by atoms with Gasteiger partial charge in [-0.1, -0.05) is 19.1 Å². The molecule has 0 aromatic heterocycles. The van der Waals surface area contributed by atoms with E-state index in [1.807, 2.05) is 31.7 Å². The van der Waals surface area contributed by atoms with Crippen LogP contribution in [0.3, 0.4) is 0 Å². The Balaban J connectivity index is 2.11. The summed E-state index contributed by atoms with van der Waals surface area (Å²) in [5.74, 6) is -0.280. The predicted octanol–water partition coefficient (Wildman–Crippen LogP) is 2.88. The molecule has 0 atom stereocenters. The molecule has 1 amide bonds. The number of aryl methyl sites for hydroxylation is 1. The Labute approximate surface area is 120 Å². The van der Waals surface area contributed by atoms with Crippen LogP contribution in [0.25, 0.3) is 0 Å². The first-order valence-corrected chi connectivity index (χ1v) is 7.26. The molecule has 0 aliphatic carbocycles. The van der Waals surface area contributed by atoms with Crippen LogP contribution in [0.4, 0.5) is 10.1 Å². The first-order valence-electron chi connectivity index (χ1n) is 7.26. The van der Waals surface area contributed by atoms with Gasteiger partial charge < -0.3 is 10.2 Å². The highest BCUT2D eigenvalue weighted by Gasteiger charge is 2.24. The highest BCUT2D eigenvalue weighted by atomic mass is 19.1. The summed E-state index contributed by atoms with van der Waals surface area (Å²) in [5.41, 5.74) is 1.38. The summed E-state index contributed by atoms with van der Waals surface area (Å²) in [7, 11) is 0. The van der Waals surface area contributed by atoms with Crippen molar-refractivity contribution in [1.29, 1.82) is 0 Å². The second kappa shape index (κ2) is 5.81. The van der Waals surface area contributed by atoms with E-state index in [0.29, 0.717) is 5.69 Å². The molecule has 0 bridgehead atoms. The van der Waals surface area contributed by atoms with E-state index in [1.165, 1.54) is 6.07 Å². The number of amides is 1. The Morgan fingerprint density at radius 3 is 2.90 bits per heavy atom. The van der Waals surface area contributed by atoms with Crippen molar-refractivity contribution in [2.24, 2.45) is 0 Å². The van der Waals surface area contributed by atoms with Crippen LogP contribution in [0.5, 0.6) is 0 Å². The third-order valence-corrected chi connectivity index (χ3v) is 3.96. The van der Waals surface area contributed by atoms with Crippen molar-refractivity contribution >= 4 is 11.6 Å². The van der Waals surface area contributed by atoms with Crippen molar-refractivity contribution in [3.63, 3.8) is 0 Å². The molecule has 0 unspecified atom stereocenters. The second-order valence-corrected chi connectivity index (χ2v) is 6.06. The number of fused-ring (bicyclic) bond motifs is 1. The zero-order chi connectivity index (χ0) is 14.8. The van der Waals surface area contributed by atoms with Gasteiger partial charge in [-0.25, -0.2) is 4.39 Å². The van der Waals surface area contributed by atoms with Gasteiger partial charge in [0.05, 0.1) is 12.2 Å². The van der Waals surface area contributed by atoms with Crippen molar-refractivity contribution in [3.8, 4) is 0 Å². The number of carbonyl (C=O) groups excluding carboxylic acids is 1. The molecule has 1 aromatic carbocycles. The van der Waals surface area contributed by atoms with Gasteiger partial charge >= 0.3 is 0 Å². The van der Waals surface area contributed by atoms with Gasteiger partial charge in [0.25, 0.3) is 0 Å². The third-order valence-electron chi connectivity index (χ3n) is 3.96. The number of hydrogen-bond donors (Lipinski definition) is 1. The standard InChI is InChI=1S/C16H23FN2O/c1-4-16(2,3)18-14(20)11-19-10-6-8-12-7-5-9-13(17)15(12)19/h5,7,9H,4,6,8,10-11H2,1-3H3,(H,18,20). The molecule has 3 nitrogen and oxygen atoms in total. The van der Waals surface area contributed by atoms with Gasteiger partial charge in [-0.15, -0.1) is 0 Å². The number of anilines is 1. The Kier molecular flexibility index (Phi) is 4.31. The summed E-state index contributed by atoms with van der Waals surface area (Å²) < 4.78 is 14.0. The maximum absolute atomic E-state index is 14.0. The first kappa shape index (κ1) is 14.8. The van der Waals surface area contributed by atoms with Gasteiger partial charge in [-0.05, 0) is 44.7 Å². The Hall–Kier alpha value is -1.58. The number of hydrogen-bond acceptors (Lipinski definition) is 2. The SMILES string of the molecule is CCC(C)(C)NC(=O)CN1CCCc2cccc(F)c21. The van der Waals surface area contributed by atoms with Crippen LogP contribution in [-0.4, -0.2) is 24.5 Å². The molecule has 1 aliphatic heterocycles. The molecule has 0 saturated heterocycles. The van der Waals surface area contributed by atoms with Crippen molar-refractivity contribution in [3.05, 3.63) is 29.6 Å². The zero-order valence-electron chi connectivity index (χ0n) is 12.5. The number of rotatable bonds is 4. The van der Waals surface area contributed by atoms with Crippen LogP contribution >= 0.6 is 0 Å². The maximum atomic E-state index is 14.0. The summed E-state index contributed by atoms with van der Waals surface area (Å²) in [6, 6.07) is 5.14. The third kappa shape index (κ3) is 3.30. The normalized spacial score (nSPS) is 14.9. The molecule has 4 heteroatoms. The number of nitrogens with one attached hydrogen (secondary N) is 1. The summed E-state index contributed by atoms with van der Waals surface area (Å²) in [4.78, 5) is 14.0. The molecule has 110 valence electrons. The molecular formula is C16H23FN2O. The minimum atomic E-state index is -0.232. The number of benzene rings is 1. The summed E-state index contributed by atoms with van der Waals surface area (Å²) in [6.07, 6.45) is 2.70. The number of nitrogens with zero attached hydrogens (tertiary/aromatic N) is 1. The quantitative estimate of drug-likeness (QED) is 0.918. The molecule has 2 rings (SSSR count). The van der Waals surface area contributed by atoms with Gasteiger partial charge in [-0.3, -0.25) is 4.79 Å². The van der Waals surface area contributed by atoms with Gasteiger partial charge in [0.15, 0.2) is 0 Å². The number of halogens is 1. The average molecular weight is 278 g/mol. The summed E-state index contributed by atoms with van der Waals surface area (Å²) in [6.45, 7) is 6.98. The lowest BCUT2D eigenvalue weighted by Crippen LogP contribution is -2.48. The van der Waals surface area contributed by atoms with E-state index in [4.69, 9.17) is 0 Å².